The lowest BCUT2D eigenvalue weighted by Crippen LogP contribution is -2.21. The predicted octanol–water partition coefficient (Wildman–Crippen LogP) is 3.69. The molecule has 0 aromatic heterocycles. The molecule has 2 aromatic carbocycles. The number of carbonyl (C=O) groups is 2. The molecule has 6 heteroatoms. The Kier molecular flexibility index (Phi) is 5.28. The van der Waals surface area contributed by atoms with Crippen LogP contribution >= 0.6 is 0 Å². The molecule has 1 amide bonds. The van der Waals surface area contributed by atoms with E-state index in [1.807, 2.05) is 19.1 Å². The van der Waals surface area contributed by atoms with Crippen LogP contribution in [-0.4, -0.2) is 18.5 Å². The average Bonchev–Trinajstić information content (AvgIpc) is 2.48. The number of halogens is 2. The molecule has 0 saturated carbocycles. The Morgan fingerprint density at radius 2 is 1.62 bits per heavy atom. The molecule has 4 nitrogen and oxygen atoms in total. The van der Waals surface area contributed by atoms with E-state index in [0.29, 0.717) is 5.56 Å². The maximum atomic E-state index is 13.1. The summed E-state index contributed by atoms with van der Waals surface area (Å²) in [4.78, 5) is 23.9. The Bertz CT molecular complexity index is 780. The number of rotatable bonds is 4. The molecule has 0 aliphatic carbocycles. The lowest BCUT2D eigenvalue weighted by atomic mass is 10.00. The van der Waals surface area contributed by atoms with Gasteiger partial charge in [0.25, 0.3) is 5.91 Å². The number of aryl methyl sites for hydroxylation is 3. The quantitative estimate of drug-likeness (QED) is 0.868. The van der Waals surface area contributed by atoms with E-state index in [9.17, 15) is 18.4 Å². The van der Waals surface area contributed by atoms with Crippen LogP contribution < -0.4 is 5.32 Å². The lowest BCUT2D eigenvalue weighted by molar-refractivity contribution is -0.119. The van der Waals surface area contributed by atoms with Crippen molar-refractivity contribution < 1.29 is 23.1 Å². The van der Waals surface area contributed by atoms with Crippen LogP contribution in [0.25, 0.3) is 0 Å². The maximum Gasteiger partial charge on any atom is 0.339 e. The first-order valence-corrected chi connectivity index (χ1v) is 7.28. The van der Waals surface area contributed by atoms with Crippen molar-refractivity contribution in [2.75, 3.05) is 11.9 Å². The van der Waals surface area contributed by atoms with Gasteiger partial charge in [-0.3, -0.25) is 4.79 Å². The van der Waals surface area contributed by atoms with Gasteiger partial charge in [0, 0.05) is 11.8 Å². The molecular formula is C18H17F2NO3. The van der Waals surface area contributed by atoms with E-state index in [-0.39, 0.29) is 5.69 Å². The highest BCUT2D eigenvalue weighted by Gasteiger charge is 2.16. The summed E-state index contributed by atoms with van der Waals surface area (Å²) in [5, 5.41) is 2.33. The van der Waals surface area contributed by atoms with Crippen molar-refractivity contribution in [3.8, 4) is 0 Å². The van der Waals surface area contributed by atoms with Gasteiger partial charge in [0.1, 0.15) is 0 Å². The highest BCUT2D eigenvalue weighted by atomic mass is 19.2. The van der Waals surface area contributed by atoms with E-state index in [0.717, 1.165) is 28.8 Å². The average molecular weight is 333 g/mol. The molecule has 0 aliphatic heterocycles. The molecule has 0 fully saturated rings. The third kappa shape index (κ3) is 4.16. The normalized spacial score (nSPS) is 10.4. The molecule has 0 heterocycles. The van der Waals surface area contributed by atoms with Crippen LogP contribution in [0.4, 0.5) is 14.5 Å². The number of benzene rings is 2. The Balaban J connectivity index is 1.99. The molecule has 0 saturated heterocycles. The minimum Gasteiger partial charge on any atom is -0.452 e. The van der Waals surface area contributed by atoms with Crippen molar-refractivity contribution in [1.29, 1.82) is 0 Å². The summed E-state index contributed by atoms with van der Waals surface area (Å²) in [6, 6.07) is 6.67. The van der Waals surface area contributed by atoms with Gasteiger partial charge in [-0.05, 0) is 44.0 Å². The second-order valence-electron chi connectivity index (χ2n) is 5.53. The number of hydrogen-bond donors (Lipinski definition) is 1. The van der Waals surface area contributed by atoms with Crippen LogP contribution in [0.1, 0.15) is 27.0 Å². The molecule has 0 radical (unpaired) electrons. The maximum absolute atomic E-state index is 13.1. The first-order chi connectivity index (χ1) is 11.3. The molecule has 2 rings (SSSR count). The zero-order valence-electron chi connectivity index (χ0n) is 13.6. The third-order valence-corrected chi connectivity index (χ3v) is 3.42. The standard InChI is InChI=1S/C18H17F2NO3/c1-10-6-11(2)17(12(3)7-10)18(23)24-9-16(22)21-13-4-5-14(19)15(20)8-13/h4-8H,9H2,1-3H3,(H,21,22). The van der Waals surface area contributed by atoms with Gasteiger partial charge in [-0.15, -0.1) is 0 Å². The molecule has 0 aliphatic rings. The van der Waals surface area contributed by atoms with E-state index < -0.39 is 30.1 Å². The highest BCUT2D eigenvalue weighted by Crippen LogP contribution is 2.17. The van der Waals surface area contributed by atoms with Crippen molar-refractivity contribution in [2.45, 2.75) is 20.8 Å². The first-order valence-electron chi connectivity index (χ1n) is 7.28. The van der Waals surface area contributed by atoms with Crippen molar-refractivity contribution in [2.24, 2.45) is 0 Å². The Hall–Kier alpha value is -2.76. The van der Waals surface area contributed by atoms with Gasteiger partial charge in [0.15, 0.2) is 18.2 Å². The van der Waals surface area contributed by atoms with Gasteiger partial charge in [0.2, 0.25) is 0 Å². The van der Waals surface area contributed by atoms with Gasteiger partial charge in [-0.25, -0.2) is 13.6 Å². The van der Waals surface area contributed by atoms with Gasteiger partial charge >= 0.3 is 5.97 Å². The van der Waals surface area contributed by atoms with Crippen LogP contribution in [-0.2, 0) is 9.53 Å². The topological polar surface area (TPSA) is 55.4 Å². The Labute approximate surface area is 138 Å². The molecule has 0 bridgehead atoms. The number of ether oxygens (including phenoxy) is 1. The number of nitrogens with one attached hydrogen (secondary N) is 1. The summed E-state index contributed by atoms with van der Waals surface area (Å²) >= 11 is 0. The van der Waals surface area contributed by atoms with E-state index in [4.69, 9.17) is 4.74 Å². The fourth-order valence-corrected chi connectivity index (χ4v) is 2.48. The number of esters is 1. The second kappa shape index (κ2) is 7.21. The minimum absolute atomic E-state index is 0.0812. The third-order valence-electron chi connectivity index (χ3n) is 3.42. The Morgan fingerprint density at radius 3 is 2.21 bits per heavy atom. The smallest absolute Gasteiger partial charge is 0.339 e. The number of amides is 1. The summed E-state index contributed by atoms with van der Waals surface area (Å²) in [5.74, 6) is -3.33. The van der Waals surface area contributed by atoms with E-state index in [1.165, 1.54) is 6.07 Å². The number of hydrogen-bond acceptors (Lipinski definition) is 3. The van der Waals surface area contributed by atoms with Crippen molar-refractivity contribution in [3.05, 3.63) is 64.2 Å². The molecule has 2 aromatic rings. The van der Waals surface area contributed by atoms with Gasteiger partial charge in [-0.1, -0.05) is 17.7 Å². The van der Waals surface area contributed by atoms with Gasteiger partial charge in [0.05, 0.1) is 5.56 Å². The van der Waals surface area contributed by atoms with E-state index in [2.05, 4.69) is 5.32 Å². The number of carbonyl (C=O) groups excluding carboxylic acids is 2. The zero-order valence-corrected chi connectivity index (χ0v) is 13.6. The largest absolute Gasteiger partial charge is 0.452 e. The molecule has 24 heavy (non-hydrogen) atoms. The fourth-order valence-electron chi connectivity index (χ4n) is 2.48. The molecule has 0 unspecified atom stereocenters. The predicted molar refractivity (Wildman–Crippen MR) is 85.9 cm³/mol. The Morgan fingerprint density at radius 1 is 1.00 bits per heavy atom. The molecule has 0 spiro atoms. The van der Waals surface area contributed by atoms with Crippen LogP contribution in [0.2, 0.25) is 0 Å². The van der Waals surface area contributed by atoms with Crippen LogP contribution in [0.5, 0.6) is 0 Å². The van der Waals surface area contributed by atoms with Crippen LogP contribution in [0, 0.1) is 32.4 Å². The van der Waals surface area contributed by atoms with E-state index in [1.54, 1.807) is 13.8 Å². The molecule has 0 atom stereocenters. The number of anilines is 1. The van der Waals surface area contributed by atoms with Gasteiger partial charge in [-0.2, -0.15) is 0 Å². The van der Waals surface area contributed by atoms with Crippen molar-refractivity contribution in [1.82, 2.24) is 0 Å². The van der Waals surface area contributed by atoms with E-state index >= 15 is 0 Å². The van der Waals surface area contributed by atoms with Crippen LogP contribution in [0.15, 0.2) is 30.3 Å². The van der Waals surface area contributed by atoms with Crippen molar-refractivity contribution >= 4 is 17.6 Å². The minimum atomic E-state index is -1.07. The molecule has 126 valence electrons. The fraction of sp³-hybridized carbons (Fsp3) is 0.222. The van der Waals surface area contributed by atoms with Crippen LogP contribution in [0.3, 0.4) is 0 Å². The second-order valence-corrected chi connectivity index (χ2v) is 5.53. The molecular weight excluding hydrogens is 316 g/mol. The monoisotopic (exact) mass is 333 g/mol. The van der Waals surface area contributed by atoms with Crippen molar-refractivity contribution in [3.63, 3.8) is 0 Å². The summed E-state index contributed by atoms with van der Waals surface area (Å²) in [7, 11) is 0. The summed E-state index contributed by atoms with van der Waals surface area (Å²) in [5.41, 5.74) is 3.05. The summed E-state index contributed by atoms with van der Waals surface area (Å²) in [6.07, 6.45) is 0. The highest BCUT2D eigenvalue weighted by molar-refractivity contribution is 5.96. The van der Waals surface area contributed by atoms with Gasteiger partial charge < -0.3 is 10.1 Å². The zero-order chi connectivity index (χ0) is 17.9. The summed E-state index contributed by atoms with van der Waals surface area (Å²) < 4.78 is 30.9. The summed E-state index contributed by atoms with van der Waals surface area (Å²) in [6.45, 7) is 4.98. The first kappa shape index (κ1) is 17.6. The molecule has 1 N–H and O–H groups in total. The lowest BCUT2D eigenvalue weighted by Gasteiger charge is -2.11. The SMILES string of the molecule is Cc1cc(C)c(C(=O)OCC(=O)Nc2ccc(F)c(F)c2)c(C)c1.